The highest BCUT2D eigenvalue weighted by atomic mass is 16.6. The van der Waals surface area contributed by atoms with E-state index in [0.717, 1.165) is 19.5 Å². The molecule has 2 saturated heterocycles. The lowest BCUT2D eigenvalue weighted by atomic mass is 9.91. The molecule has 1 amide bonds. The first-order valence-electron chi connectivity index (χ1n) is 8.42. The Hall–Kier alpha value is -0.850. The van der Waals surface area contributed by atoms with Gasteiger partial charge in [-0.1, -0.05) is 0 Å². The fourth-order valence-corrected chi connectivity index (χ4v) is 2.97. The van der Waals surface area contributed by atoms with E-state index < -0.39 is 11.2 Å². The number of carbonyl (C=O) groups excluding carboxylic acids is 1. The van der Waals surface area contributed by atoms with Crippen molar-refractivity contribution in [2.45, 2.75) is 63.7 Å². The van der Waals surface area contributed by atoms with Gasteiger partial charge in [0.2, 0.25) is 0 Å². The average molecular weight is 313 g/mol. The zero-order valence-electron chi connectivity index (χ0n) is 14.2. The molecule has 0 aromatic carbocycles. The standard InChI is InChI=1S/C16H31N3O3/c1-15(2,3)22-14(20)19-9-6-16(21,7-10-19)12-18-13-5-4-8-17-11-13/h13,17-18,21H,4-12H2,1-3H3. The van der Waals surface area contributed by atoms with E-state index in [2.05, 4.69) is 10.6 Å². The minimum Gasteiger partial charge on any atom is -0.444 e. The number of aliphatic hydroxyl groups is 1. The van der Waals surface area contributed by atoms with Crippen LogP contribution in [0.25, 0.3) is 0 Å². The molecule has 1 unspecified atom stereocenters. The Bertz CT molecular complexity index is 367. The third kappa shape index (κ3) is 5.41. The van der Waals surface area contributed by atoms with Crippen LogP contribution >= 0.6 is 0 Å². The highest BCUT2D eigenvalue weighted by Gasteiger charge is 2.35. The monoisotopic (exact) mass is 313 g/mol. The Morgan fingerprint density at radius 1 is 1.41 bits per heavy atom. The van der Waals surface area contributed by atoms with Crippen LogP contribution in [-0.4, -0.2) is 66.1 Å². The third-order valence-corrected chi connectivity index (χ3v) is 4.36. The molecule has 0 radical (unpaired) electrons. The number of ether oxygens (including phenoxy) is 1. The molecule has 2 heterocycles. The van der Waals surface area contributed by atoms with E-state index in [1.165, 1.54) is 6.42 Å². The van der Waals surface area contributed by atoms with Crippen LogP contribution < -0.4 is 10.6 Å². The van der Waals surface area contributed by atoms with Crippen molar-refractivity contribution in [2.24, 2.45) is 0 Å². The van der Waals surface area contributed by atoms with Crippen LogP contribution in [-0.2, 0) is 4.74 Å². The van der Waals surface area contributed by atoms with Crippen molar-refractivity contribution in [3.63, 3.8) is 0 Å². The van der Waals surface area contributed by atoms with Crippen molar-refractivity contribution in [2.75, 3.05) is 32.7 Å². The molecular weight excluding hydrogens is 282 g/mol. The third-order valence-electron chi connectivity index (χ3n) is 4.36. The first-order valence-corrected chi connectivity index (χ1v) is 8.42. The molecule has 22 heavy (non-hydrogen) atoms. The molecule has 0 aliphatic carbocycles. The molecular formula is C16H31N3O3. The Morgan fingerprint density at radius 3 is 2.64 bits per heavy atom. The summed E-state index contributed by atoms with van der Waals surface area (Å²) in [6, 6.07) is 0.446. The second-order valence-corrected chi connectivity index (χ2v) is 7.62. The van der Waals surface area contributed by atoms with Gasteiger partial charge in [-0.2, -0.15) is 0 Å². The van der Waals surface area contributed by atoms with Crippen LogP contribution in [0.1, 0.15) is 46.5 Å². The molecule has 6 heteroatoms. The SMILES string of the molecule is CC(C)(C)OC(=O)N1CCC(O)(CNC2CCCNC2)CC1. The van der Waals surface area contributed by atoms with E-state index in [1.807, 2.05) is 20.8 Å². The van der Waals surface area contributed by atoms with Crippen LogP contribution in [0.4, 0.5) is 4.79 Å². The lowest BCUT2D eigenvalue weighted by Gasteiger charge is -2.39. The molecule has 0 aromatic rings. The van der Waals surface area contributed by atoms with Crippen LogP contribution in [0, 0.1) is 0 Å². The van der Waals surface area contributed by atoms with Gasteiger partial charge in [0, 0.05) is 32.2 Å². The highest BCUT2D eigenvalue weighted by molar-refractivity contribution is 5.68. The van der Waals surface area contributed by atoms with Crippen molar-refractivity contribution in [3.8, 4) is 0 Å². The summed E-state index contributed by atoms with van der Waals surface area (Å²) in [6.45, 7) is 9.37. The van der Waals surface area contributed by atoms with Gasteiger partial charge in [-0.05, 0) is 53.0 Å². The number of carbonyl (C=O) groups is 1. The normalized spacial score (nSPS) is 25.8. The lowest BCUT2D eigenvalue weighted by Crippen LogP contribution is -2.54. The first kappa shape index (κ1) is 17.5. The number of rotatable bonds is 3. The molecule has 2 aliphatic rings. The van der Waals surface area contributed by atoms with Crippen molar-refractivity contribution < 1.29 is 14.6 Å². The number of piperidine rings is 2. The summed E-state index contributed by atoms with van der Waals surface area (Å²) >= 11 is 0. The predicted molar refractivity (Wildman–Crippen MR) is 85.9 cm³/mol. The molecule has 0 bridgehead atoms. The Morgan fingerprint density at radius 2 is 2.09 bits per heavy atom. The number of likely N-dealkylation sites (tertiary alicyclic amines) is 1. The van der Waals surface area contributed by atoms with E-state index in [4.69, 9.17) is 4.74 Å². The molecule has 0 spiro atoms. The van der Waals surface area contributed by atoms with Gasteiger partial charge in [-0.15, -0.1) is 0 Å². The maximum atomic E-state index is 12.0. The summed E-state index contributed by atoms with van der Waals surface area (Å²) in [5.74, 6) is 0. The summed E-state index contributed by atoms with van der Waals surface area (Å²) in [5.41, 5.74) is -1.18. The zero-order chi connectivity index (χ0) is 16.2. The fraction of sp³-hybridized carbons (Fsp3) is 0.938. The Balaban J connectivity index is 1.74. The lowest BCUT2D eigenvalue weighted by molar-refractivity contribution is -0.0324. The smallest absolute Gasteiger partial charge is 0.410 e. The van der Waals surface area contributed by atoms with E-state index in [9.17, 15) is 9.90 Å². The van der Waals surface area contributed by atoms with Crippen LogP contribution in [0.5, 0.6) is 0 Å². The van der Waals surface area contributed by atoms with Gasteiger partial charge >= 0.3 is 6.09 Å². The molecule has 128 valence electrons. The van der Waals surface area contributed by atoms with E-state index in [-0.39, 0.29) is 6.09 Å². The van der Waals surface area contributed by atoms with E-state index in [1.54, 1.807) is 4.90 Å². The van der Waals surface area contributed by atoms with Crippen LogP contribution in [0.3, 0.4) is 0 Å². The molecule has 2 fully saturated rings. The van der Waals surface area contributed by atoms with Gasteiger partial charge in [0.25, 0.3) is 0 Å². The average Bonchev–Trinajstić information content (AvgIpc) is 2.45. The Labute approximate surface area is 133 Å². The van der Waals surface area contributed by atoms with Crippen molar-refractivity contribution in [3.05, 3.63) is 0 Å². The fourth-order valence-electron chi connectivity index (χ4n) is 2.97. The second-order valence-electron chi connectivity index (χ2n) is 7.62. The maximum absolute atomic E-state index is 12.0. The second kappa shape index (κ2) is 7.15. The minimum absolute atomic E-state index is 0.279. The predicted octanol–water partition coefficient (Wildman–Crippen LogP) is 1.09. The van der Waals surface area contributed by atoms with Gasteiger partial charge < -0.3 is 25.4 Å². The molecule has 0 saturated carbocycles. The summed E-state index contributed by atoms with van der Waals surface area (Å²) in [7, 11) is 0. The highest BCUT2D eigenvalue weighted by Crippen LogP contribution is 2.23. The van der Waals surface area contributed by atoms with Crippen molar-refractivity contribution in [1.82, 2.24) is 15.5 Å². The topological polar surface area (TPSA) is 73.8 Å². The van der Waals surface area contributed by atoms with Gasteiger partial charge in [-0.3, -0.25) is 0 Å². The molecule has 1 atom stereocenters. The van der Waals surface area contributed by atoms with Gasteiger partial charge in [0.05, 0.1) is 5.60 Å². The van der Waals surface area contributed by atoms with Crippen LogP contribution in [0.2, 0.25) is 0 Å². The van der Waals surface area contributed by atoms with Crippen LogP contribution in [0.15, 0.2) is 0 Å². The summed E-state index contributed by atoms with van der Waals surface area (Å²) in [5, 5.41) is 17.5. The van der Waals surface area contributed by atoms with Crippen molar-refractivity contribution in [1.29, 1.82) is 0 Å². The number of hydrogen-bond acceptors (Lipinski definition) is 5. The number of amides is 1. The van der Waals surface area contributed by atoms with E-state index in [0.29, 0.717) is 38.5 Å². The quantitative estimate of drug-likeness (QED) is 0.727. The molecule has 0 aromatic heterocycles. The maximum Gasteiger partial charge on any atom is 0.410 e. The molecule has 3 N–H and O–H groups in total. The molecule has 2 aliphatic heterocycles. The number of nitrogens with zero attached hydrogens (tertiary/aromatic N) is 1. The van der Waals surface area contributed by atoms with Gasteiger partial charge in [0.15, 0.2) is 0 Å². The Kier molecular flexibility index (Phi) is 5.69. The number of hydrogen-bond donors (Lipinski definition) is 3. The molecule has 2 rings (SSSR count). The van der Waals surface area contributed by atoms with Crippen molar-refractivity contribution >= 4 is 6.09 Å². The molecule has 6 nitrogen and oxygen atoms in total. The summed E-state index contributed by atoms with van der Waals surface area (Å²) in [6.07, 6.45) is 3.26. The summed E-state index contributed by atoms with van der Waals surface area (Å²) in [4.78, 5) is 13.7. The van der Waals surface area contributed by atoms with E-state index >= 15 is 0 Å². The van der Waals surface area contributed by atoms with Gasteiger partial charge in [0.1, 0.15) is 5.60 Å². The van der Waals surface area contributed by atoms with Gasteiger partial charge in [-0.25, -0.2) is 4.79 Å². The minimum atomic E-state index is -0.712. The first-order chi connectivity index (χ1) is 10.3. The summed E-state index contributed by atoms with van der Waals surface area (Å²) < 4.78 is 5.38. The largest absolute Gasteiger partial charge is 0.444 e. The zero-order valence-corrected chi connectivity index (χ0v) is 14.2. The number of nitrogens with one attached hydrogen (secondary N) is 2.